The van der Waals surface area contributed by atoms with Gasteiger partial charge in [-0.15, -0.1) is 0 Å². The largest absolute Gasteiger partial charge is 0.481 e. The molecule has 2 aromatic carbocycles. The summed E-state index contributed by atoms with van der Waals surface area (Å²) in [4.78, 5) is 11.2. The lowest BCUT2D eigenvalue weighted by atomic mass is 10.0. The number of hydrogen-bond acceptors (Lipinski definition) is 2. The van der Waals surface area contributed by atoms with Gasteiger partial charge in [-0.25, -0.2) is 0 Å². The van der Waals surface area contributed by atoms with Crippen LogP contribution in [0.25, 0.3) is 0 Å². The van der Waals surface area contributed by atoms with Crippen molar-refractivity contribution in [1.29, 1.82) is 0 Å². The van der Waals surface area contributed by atoms with Gasteiger partial charge in [-0.1, -0.05) is 39.7 Å². The minimum atomic E-state index is -0.920. The third-order valence-corrected chi connectivity index (χ3v) is 4.58. The quantitative estimate of drug-likeness (QED) is 0.555. The maximum atomic E-state index is 11.2. The third kappa shape index (κ3) is 5.70. The molecule has 2 aromatic rings. The van der Waals surface area contributed by atoms with Crippen molar-refractivity contribution in [3.8, 4) is 0 Å². The van der Waals surface area contributed by atoms with Crippen LogP contribution in [0.2, 0.25) is 5.02 Å². The molecule has 0 spiro atoms. The monoisotopic (exact) mass is 440 g/mol. The number of benzene rings is 2. The number of carbonyl (C=O) groups is 1. The molecule has 0 saturated heterocycles. The van der Waals surface area contributed by atoms with E-state index in [-0.39, 0.29) is 6.42 Å². The molecular formula is C18H18BrClN2O2S. The summed E-state index contributed by atoms with van der Waals surface area (Å²) >= 11 is 14.9. The second kappa shape index (κ2) is 8.65. The maximum absolute atomic E-state index is 11.2. The molecule has 0 aliphatic rings. The molecule has 1 atom stereocenters. The van der Waals surface area contributed by atoms with Crippen LogP contribution in [0.3, 0.4) is 0 Å². The summed E-state index contributed by atoms with van der Waals surface area (Å²) in [5.41, 5.74) is 3.74. The third-order valence-electron chi connectivity index (χ3n) is 3.67. The van der Waals surface area contributed by atoms with E-state index in [1.807, 2.05) is 32.0 Å². The molecule has 0 fully saturated rings. The highest BCUT2D eigenvalue weighted by atomic mass is 79.9. The molecule has 7 heteroatoms. The molecular weight excluding hydrogens is 424 g/mol. The van der Waals surface area contributed by atoms with E-state index in [1.165, 1.54) is 0 Å². The van der Waals surface area contributed by atoms with Crippen LogP contribution in [0.15, 0.2) is 40.9 Å². The number of rotatable bonds is 5. The van der Waals surface area contributed by atoms with E-state index in [4.69, 9.17) is 23.8 Å². The number of hydrogen-bond donors (Lipinski definition) is 3. The van der Waals surface area contributed by atoms with Crippen molar-refractivity contribution in [1.82, 2.24) is 5.32 Å². The van der Waals surface area contributed by atoms with Gasteiger partial charge in [0.25, 0.3) is 0 Å². The Labute approximate surface area is 165 Å². The van der Waals surface area contributed by atoms with E-state index in [2.05, 4.69) is 26.6 Å². The highest BCUT2D eigenvalue weighted by Crippen LogP contribution is 2.26. The van der Waals surface area contributed by atoms with Crippen molar-refractivity contribution in [2.75, 3.05) is 5.32 Å². The van der Waals surface area contributed by atoms with Crippen LogP contribution < -0.4 is 10.6 Å². The van der Waals surface area contributed by atoms with Crippen molar-refractivity contribution in [2.45, 2.75) is 26.3 Å². The predicted octanol–water partition coefficient (Wildman–Crippen LogP) is 5.22. The number of halogens is 2. The number of carboxylic acid groups (broad SMARTS) is 1. The molecule has 4 nitrogen and oxygen atoms in total. The highest BCUT2D eigenvalue weighted by Gasteiger charge is 2.17. The van der Waals surface area contributed by atoms with Crippen LogP contribution >= 0.6 is 39.7 Å². The Morgan fingerprint density at radius 3 is 2.48 bits per heavy atom. The van der Waals surface area contributed by atoms with Crippen LogP contribution in [-0.2, 0) is 4.79 Å². The van der Waals surface area contributed by atoms with E-state index in [0.717, 1.165) is 26.9 Å². The fourth-order valence-corrected chi connectivity index (χ4v) is 3.70. The van der Waals surface area contributed by atoms with Gasteiger partial charge in [-0.2, -0.15) is 0 Å². The SMILES string of the molecule is Cc1cc(Br)cc(C)c1NC(=S)N[C@H](CC(=O)O)c1cccc(Cl)c1. The summed E-state index contributed by atoms with van der Waals surface area (Å²) < 4.78 is 0.995. The number of aryl methyl sites for hydroxylation is 2. The Hall–Kier alpha value is -1.63. The van der Waals surface area contributed by atoms with Gasteiger partial charge in [0.15, 0.2) is 5.11 Å². The normalized spacial score (nSPS) is 11.7. The molecule has 0 aliphatic heterocycles. The topological polar surface area (TPSA) is 61.4 Å². The molecule has 2 rings (SSSR count). The minimum Gasteiger partial charge on any atom is -0.481 e. The van der Waals surface area contributed by atoms with Crippen molar-refractivity contribution in [2.24, 2.45) is 0 Å². The van der Waals surface area contributed by atoms with Gasteiger partial charge in [0, 0.05) is 15.2 Å². The Kier molecular flexibility index (Phi) is 6.81. The average Bonchev–Trinajstić information content (AvgIpc) is 2.50. The fraction of sp³-hybridized carbons (Fsp3) is 0.222. The summed E-state index contributed by atoms with van der Waals surface area (Å²) in [7, 11) is 0. The van der Waals surface area contributed by atoms with E-state index < -0.39 is 12.0 Å². The van der Waals surface area contributed by atoms with E-state index in [1.54, 1.807) is 18.2 Å². The second-order valence-electron chi connectivity index (χ2n) is 5.72. The number of aliphatic carboxylic acids is 1. The Balaban J connectivity index is 2.19. The smallest absolute Gasteiger partial charge is 0.305 e. The van der Waals surface area contributed by atoms with Gasteiger partial charge >= 0.3 is 5.97 Å². The van der Waals surface area contributed by atoms with Gasteiger partial charge in [0.05, 0.1) is 12.5 Å². The van der Waals surface area contributed by atoms with Gasteiger partial charge in [-0.3, -0.25) is 4.79 Å². The van der Waals surface area contributed by atoms with Crippen LogP contribution in [0.1, 0.15) is 29.2 Å². The number of nitrogens with one attached hydrogen (secondary N) is 2. The van der Waals surface area contributed by atoms with Gasteiger partial charge < -0.3 is 15.7 Å². The predicted molar refractivity (Wildman–Crippen MR) is 109 cm³/mol. The standard InChI is InChI=1S/C18H18BrClN2O2S/c1-10-6-13(19)7-11(2)17(10)22-18(25)21-15(9-16(23)24)12-4-3-5-14(20)8-12/h3-8,15H,9H2,1-2H3,(H,23,24)(H2,21,22,25)/t15-/m1/s1. The lowest BCUT2D eigenvalue weighted by Crippen LogP contribution is -2.34. The van der Waals surface area contributed by atoms with Crippen LogP contribution in [0.5, 0.6) is 0 Å². The molecule has 25 heavy (non-hydrogen) atoms. The maximum Gasteiger partial charge on any atom is 0.305 e. The minimum absolute atomic E-state index is 0.111. The molecule has 0 saturated carbocycles. The van der Waals surface area contributed by atoms with E-state index in [0.29, 0.717) is 10.1 Å². The number of thiocarbonyl (C=S) groups is 1. The van der Waals surface area contributed by atoms with Crippen molar-refractivity contribution in [3.05, 3.63) is 62.6 Å². The molecule has 132 valence electrons. The first-order valence-electron chi connectivity index (χ1n) is 7.58. The van der Waals surface area contributed by atoms with Gasteiger partial charge in [0.2, 0.25) is 0 Å². The van der Waals surface area contributed by atoms with Crippen LogP contribution in [0.4, 0.5) is 5.69 Å². The summed E-state index contributed by atoms with van der Waals surface area (Å²) in [5.74, 6) is -0.920. The van der Waals surface area contributed by atoms with Crippen molar-refractivity contribution < 1.29 is 9.90 Å². The number of anilines is 1. The van der Waals surface area contributed by atoms with Crippen molar-refractivity contribution in [3.63, 3.8) is 0 Å². The molecule has 0 amide bonds. The zero-order chi connectivity index (χ0) is 18.6. The molecule has 0 aliphatic carbocycles. The zero-order valence-electron chi connectivity index (χ0n) is 13.8. The lowest BCUT2D eigenvalue weighted by Gasteiger charge is -2.21. The zero-order valence-corrected chi connectivity index (χ0v) is 16.9. The highest BCUT2D eigenvalue weighted by molar-refractivity contribution is 9.10. The van der Waals surface area contributed by atoms with Gasteiger partial charge in [0.1, 0.15) is 0 Å². The fourth-order valence-electron chi connectivity index (χ4n) is 2.57. The summed E-state index contributed by atoms with van der Waals surface area (Å²) in [5, 5.41) is 16.4. The molecule has 0 aromatic heterocycles. The molecule has 0 unspecified atom stereocenters. The first-order chi connectivity index (χ1) is 11.8. The lowest BCUT2D eigenvalue weighted by molar-refractivity contribution is -0.137. The molecule has 0 bridgehead atoms. The molecule has 0 radical (unpaired) electrons. The number of carboxylic acids is 1. The second-order valence-corrected chi connectivity index (χ2v) is 7.48. The summed E-state index contributed by atoms with van der Waals surface area (Å²) in [6, 6.07) is 10.6. The van der Waals surface area contributed by atoms with Crippen LogP contribution in [0, 0.1) is 13.8 Å². The van der Waals surface area contributed by atoms with Gasteiger partial charge in [-0.05, 0) is 67.0 Å². The summed E-state index contributed by atoms with van der Waals surface area (Å²) in [6.45, 7) is 3.96. The van der Waals surface area contributed by atoms with Crippen LogP contribution in [-0.4, -0.2) is 16.2 Å². The Morgan fingerprint density at radius 2 is 1.92 bits per heavy atom. The first-order valence-corrected chi connectivity index (χ1v) is 9.15. The van der Waals surface area contributed by atoms with Crippen molar-refractivity contribution >= 4 is 56.5 Å². The van der Waals surface area contributed by atoms with E-state index >= 15 is 0 Å². The van der Waals surface area contributed by atoms with E-state index in [9.17, 15) is 9.90 Å². The Bertz CT molecular complexity index is 790. The Morgan fingerprint density at radius 1 is 1.28 bits per heavy atom. The first kappa shape index (κ1) is 19.7. The summed E-state index contributed by atoms with van der Waals surface area (Å²) in [6.07, 6.45) is -0.111. The average molecular weight is 442 g/mol. The molecule has 3 N–H and O–H groups in total. The molecule has 0 heterocycles.